The van der Waals surface area contributed by atoms with Crippen molar-refractivity contribution in [1.29, 1.82) is 0 Å². The van der Waals surface area contributed by atoms with Crippen molar-refractivity contribution in [2.24, 2.45) is 0 Å². The van der Waals surface area contributed by atoms with Crippen LogP contribution < -0.4 is 0 Å². The zero-order valence-corrected chi connectivity index (χ0v) is 16.3. The van der Waals surface area contributed by atoms with Crippen LogP contribution in [0.5, 0.6) is 0 Å². The molecule has 5 nitrogen and oxygen atoms in total. The molecule has 0 saturated carbocycles. The third-order valence-electron chi connectivity index (χ3n) is 3.67. The fourth-order valence-electron chi connectivity index (χ4n) is 2.41. The molecule has 3 rings (SSSR count). The van der Waals surface area contributed by atoms with Gasteiger partial charge in [0.2, 0.25) is 0 Å². The Bertz CT molecular complexity index is 850. The Morgan fingerprint density at radius 2 is 2.11 bits per heavy atom. The van der Waals surface area contributed by atoms with E-state index in [1.807, 2.05) is 22.1 Å². The maximum atomic E-state index is 13.2. The van der Waals surface area contributed by atoms with Crippen LogP contribution in [0.4, 0.5) is 4.39 Å². The zero-order valence-electron chi connectivity index (χ0n) is 14.6. The molecule has 0 radical (unpaired) electrons. The number of halogens is 1. The van der Waals surface area contributed by atoms with Crippen LogP contribution >= 0.6 is 23.1 Å². The number of nitrogens with zero attached hydrogens (tertiary/aromatic N) is 3. The van der Waals surface area contributed by atoms with Crippen LogP contribution in [-0.2, 0) is 17.9 Å². The molecule has 0 spiro atoms. The minimum Gasteiger partial charge on any atom is -0.390 e. The van der Waals surface area contributed by atoms with E-state index in [4.69, 9.17) is 4.74 Å². The van der Waals surface area contributed by atoms with E-state index in [0.717, 1.165) is 10.4 Å². The summed E-state index contributed by atoms with van der Waals surface area (Å²) in [5.41, 5.74) is 0.775. The van der Waals surface area contributed by atoms with Gasteiger partial charge in [0.1, 0.15) is 5.82 Å². The Hall–Kier alpha value is -2.00. The lowest BCUT2D eigenvalue weighted by atomic mass is 10.2. The van der Waals surface area contributed by atoms with Gasteiger partial charge >= 0.3 is 0 Å². The molecule has 1 aromatic carbocycles. The number of aliphatic hydroxyl groups excluding tert-OH is 1. The summed E-state index contributed by atoms with van der Waals surface area (Å²) < 4.78 is 20.6. The molecule has 0 bridgehead atoms. The van der Waals surface area contributed by atoms with Gasteiger partial charge < -0.3 is 9.84 Å². The second-order valence-corrected chi connectivity index (χ2v) is 7.79. The fraction of sp³-hybridized carbons (Fsp3) is 0.263. The van der Waals surface area contributed by atoms with E-state index in [-0.39, 0.29) is 12.4 Å². The number of hydrogen-bond donors (Lipinski definition) is 1. The lowest BCUT2D eigenvalue weighted by Crippen LogP contribution is -2.18. The minimum atomic E-state index is -0.613. The van der Waals surface area contributed by atoms with Gasteiger partial charge in [-0.15, -0.1) is 28.1 Å². The summed E-state index contributed by atoms with van der Waals surface area (Å²) in [7, 11) is 0. The van der Waals surface area contributed by atoms with Crippen LogP contribution in [0, 0.1) is 5.82 Å². The van der Waals surface area contributed by atoms with Crippen molar-refractivity contribution in [2.45, 2.75) is 24.4 Å². The molecule has 27 heavy (non-hydrogen) atoms. The first-order valence-electron chi connectivity index (χ1n) is 8.38. The normalized spacial score (nSPS) is 12.2. The molecule has 0 unspecified atom stereocenters. The highest BCUT2D eigenvalue weighted by Gasteiger charge is 2.15. The van der Waals surface area contributed by atoms with E-state index in [2.05, 4.69) is 16.8 Å². The van der Waals surface area contributed by atoms with Gasteiger partial charge in [-0.25, -0.2) is 4.39 Å². The standard InChI is InChI=1S/C19H20FN3O2S2/c1-2-9-23-18(14-5-7-15(20)8-6-14)21-22-19(23)27-13-16(24)11-25-12-17-4-3-10-26-17/h2-8,10,16,24H,1,9,11-13H2/t16-/m1/s1. The Labute approximate surface area is 165 Å². The van der Waals surface area contributed by atoms with Gasteiger partial charge in [-0.1, -0.05) is 23.9 Å². The van der Waals surface area contributed by atoms with Gasteiger partial charge in [0.05, 0.1) is 19.3 Å². The summed E-state index contributed by atoms with van der Waals surface area (Å²) in [6, 6.07) is 10.1. The molecule has 0 fully saturated rings. The molecular weight excluding hydrogens is 385 g/mol. The zero-order chi connectivity index (χ0) is 19.1. The Kier molecular flexibility index (Phi) is 7.17. The number of aromatic nitrogens is 3. The number of rotatable bonds is 10. The molecule has 1 atom stereocenters. The van der Waals surface area contributed by atoms with E-state index in [1.54, 1.807) is 29.5 Å². The molecular formula is C19H20FN3O2S2. The largest absolute Gasteiger partial charge is 0.390 e. The van der Waals surface area contributed by atoms with Crippen LogP contribution in [0.1, 0.15) is 4.88 Å². The predicted octanol–water partition coefficient (Wildman–Crippen LogP) is 4.00. The highest BCUT2D eigenvalue weighted by Crippen LogP contribution is 2.25. The Morgan fingerprint density at radius 1 is 1.30 bits per heavy atom. The number of aliphatic hydroxyl groups is 1. The molecule has 0 aliphatic carbocycles. The lowest BCUT2D eigenvalue weighted by molar-refractivity contribution is 0.0408. The van der Waals surface area contributed by atoms with E-state index in [1.165, 1.54) is 23.9 Å². The van der Waals surface area contributed by atoms with Gasteiger partial charge in [0, 0.05) is 22.7 Å². The van der Waals surface area contributed by atoms with Gasteiger partial charge in [0.15, 0.2) is 11.0 Å². The van der Waals surface area contributed by atoms with E-state index >= 15 is 0 Å². The van der Waals surface area contributed by atoms with Gasteiger partial charge in [-0.3, -0.25) is 4.57 Å². The molecule has 1 N–H and O–H groups in total. The first kappa shape index (κ1) is 19.8. The van der Waals surface area contributed by atoms with Crippen molar-refractivity contribution in [1.82, 2.24) is 14.8 Å². The first-order valence-corrected chi connectivity index (χ1v) is 10.2. The smallest absolute Gasteiger partial charge is 0.191 e. The molecule has 0 amide bonds. The van der Waals surface area contributed by atoms with Crippen molar-refractivity contribution in [3.63, 3.8) is 0 Å². The average Bonchev–Trinajstić information content (AvgIpc) is 3.31. The molecule has 142 valence electrons. The van der Waals surface area contributed by atoms with Crippen molar-refractivity contribution >= 4 is 23.1 Å². The summed E-state index contributed by atoms with van der Waals surface area (Å²) in [5.74, 6) is 0.776. The third-order valence-corrected chi connectivity index (χ3v) is 5.63. The van der Waals surface area contributed by atoms with Crippen LogP contribution in [0.15, 0.2) is 59.6 Å². The summed E-state index contributed by atoms with van der Waals surface area (Å²) in [5, 5.41) is 21.3. The van der Waals surface area contributed by atoms with Crippen molar-refractivity contribution in [2.75, 3.05) is 12.4 Å². The molecule has 0 aliphatic rings. The van der Waals surface area contributed by atoms with E-state index < -0.39 is 6.10 Å². The SMILES string of the molecule is C=CCn1c(SC[C@H](O)COCc2cccs2)nnc1-c1ccc(F)cc1. The predicted molar refractivity (Wildman–Crippen MR) is 106 cm³/mol. The van der Waals surface area contributed by atoms with E-state index in [0.29, 0.717) is 29.9 Å². The van der Waals surface area contributed by atoms with Gasteiger partial charge in [-0.05, 0) is 35.7 Å². The van der Waals surface area contributed by atoms with E-state index in [9.17, 15) is 9.50 Å². The van der Waals surface area contributed by atoms with Crippen LogP contribution in [0.2, 0.25) is 0 Å². The minimum absolute atomic E-state index is 0.255. The molecule has 3 aromatic rings. The summed E-state index contributed by atoms with van der Waals surface area (Å²) in [6.07, 6.45) is 1.14. The lowest BCUT2D eigenvalue weighted by Gasteiger charge is -2.11. The van der Waals surface area contributed by atoms with Crippen LogP contribution in [-0.4, -0.2) is 38.3 Å². The average molecular weight is 406 g/mol. The second kappa shape index (κ2) is 9.80. The molecule has 2 heterocycles. The van der Waals surface area contributed by atoms with Crippen molar-refractivity contribution in [3.05, 3.63) is 65.1 Å². The monoisotopic (exact) mass is 405 g/mol. The molecule has 2 aromatic heterocycles. The molecule has 0 saturated heterocycles. The summed E-state index contributed by atoms with van der Waals surface area (Å²) >= 11 is 3.03. The maximum absolute atomic E-state index is 13.2. The summed E-state index contributed by atoms with van der Waals surface area (Å²) in [6.45, 7) is 5.05. The first-order chi connectivity index (χ1) is 13.2. The number of allylic oxidation sites excluding steroid dienone is 1. The van der Waals surface area contributed by atoms with Crippen molar-refractivity contribution in [3.8, 4) is 11.4 Å². The Morgan fingerprint density at radius 3 is 2.81 bits per heavy atom. The third kappa shape index (κ3) is 5.49. The topological polar surface area (TPSA) is 60.2 Å². The number of benzene rings is 1. The number of ether oxygens (including phenoxy) is 1. The highest BCUT2D eigenvalue weighted by molar-refractivity contribution is 7.99. The van der Waals surface area contributed by atoms with Gasteiger partial charge in [-0.2, -0.15) is 0 Å². The second-order valence-electron chi connectivity index (χ2n) is 5.77. The highest BCUT2D eigenvalue weighted by atomic mass is 32.2. The maximum Gasteiger partial charge on any atom is 0.191 e. The Balaban J connectivity index is 1.59. The molecule has 8 heteroatoms. The van der Waals surface area contributed by atoms with Crippen LogP contribution in [0.25, 0.3) is 11.4 Å². The van der Waals surface area contributed by atoms with Crippen molar-refractivity contribution < 1.29 is 14.2 Å². The quantitative estimate of drug-likeness (QED) is 0.408. The summed E-state index contributed by atoms with van der Waals surface area (Å²) in [4.78, 5) is 1.13. The van der Waals surface area contributed by atoms with Crippen LogP contribution in [0.3, 0.4) is 0 Å². The fourth-order valence-corrected chi connectivity index (χ4v) is 3.90. The number of thiophene rings is 1. The molecule has 0 aliphatic heterocycles. The number of thioether (sulfide) groups is 1. The van der Waals surface area contributed by atoms with Gasteiger partial charge in [0.25, 0.3) is 0 Å². The number of hydrogen-bond acceptors (Lipinski definition) is 6.